The number of nitrogens with zero attached hydrogens (tertiary/aromatic N) is 2. The Morgan fingerprint density at radius 3 is 2.96 bits per heavy atom. The summed E-state index contributed by atoms with van der Waals surface area (Å²) in [5, 5.41) is 5.36. The summed E-state index contributed by atoms with van der Waals surface area (Å²) in [7, 11) is 0. The van der Waals surface area contributed by atoms with Gasteiger partial charge in [-0.05, 0) is 18.7 Å². The number of nitrogens with one attached hydrogen (secondary N) is 2. The molecule has 0 radical (unpaired) electrons. The van der Waals surface area contributed by atoms with E-state index in [0.717, 1.165) is 16.0 Å². The van der Waals surface area contributed by atoms with E-state index in [1.807, 2.05) is 24.3 Å². The van der Waals surface area contributed by atoms with Gasteiger partial charge in [-0.15, -0.1) is 23.7 Å². The number of aromatic nitrogens is 3. The minimum Gasteiger partial charge on any atom is -0.349 e. The maximum absolute atomic E-state index is 12.0. The van der Waals surface area contributed by atoms with Crippen molar-refractivity contribution >= 4 is 40.7 Å². The first kappa shape index (κ1) is 18.2. The molecule has 0 saturated heterocycles. The van der Waals surface area contributed by atoms with Crippen LogP contribution in [0.25, 0.3) is 11.0 Å². The molecule has 1 aromatic carbocycles. The van der Waals surface area contributed by atoms with E-state index < -0.39 is 0 Å². The van der Waals surface area contributed by atoms with Crippen molar-refractivity contribution in [1.82, 2.24) is 19.9 Å². The van der Waals surface area contributed by atoms with Crippen molar-refractivity contribution in [2.45, 2.75) is 13.0 Å². The van der Waals surface area contributed by atoms with Gasteiger partial charge in [0.05, 0.1) is 16.0 Å². The van der Waals surface area contributed by atoms with Crippen molar-refractivity contribution in [1.29, 1.82) is 0 Å². The number of H-pyrrole nitrogens is 1. The van der Waals surface area contributed by atoms with E-state index in [2.05, 4.69) is 15.3 Å². The van der Waals surface area contributed by atoms with Gasteiger partial charge < -0.3 is 16.0 Å². The topological polar surface area (TPSA) is 106 Å². The van der Waals surface area contributed by atoms with Crippen LogP contribution in [0.4, 0.5) is 0 Å². The fourth-order valence-electron chi connectivity index (χ4n) is 2.35. The lowest BCUT2D eigenvalue weighted by atomic mass is 10.3. The van der Waals surface area contributed by atoms with E-state index in [-0.39, 0.29) is 24.0 Å². The second kappa shape index (κ2) is 8.09. The number of imidazole rings is 1. The van der Waals surface area contributed by atoms with Crippen molar-refractivity contribution in [3.8, 4) is 0 Å². The number of nitrogens with two attached hydrogens (primary N) is 1. The predicted octanol–water partition coefficient (Wildman–Crippen LogP) is 1.14. The molecule has 0 bridgehead atoms. The molecule has 0 saturated carbocycles. The molecule has 0 fully saturated rings. The number of carbonyl (C=O) groups is 1. The highest BCUT2D eigenvalue weighted by Crippen LogP contribution is 2.10. The summed E-state index contributed by atoms with van der Waals surface area (Å²) in [6.07, 6.45) is 0.669. The number of hydrogen-bond acceptors (Lipinski definition) is 5. The van der Waals surface area contributed by atoms with Crippen LogP contribution < -0.4 is 16.7 Å². The molecule has 9 heteroatoms. The molecular weight excluding hydrogens is 350 g/mol. The first-order valence-electron chi connectivity index (χ1n) is 7.29. The fraction of sp³-hybridized carbons (Fsp3) is 0.267. The number of thiazole rings is 1. The molecule has 7 nitrogen and oxygen atoms in total. The molecule has 24 heavy (non-hydrogen) atoms. The number of benzene rings is 1. The summed E-state index contributed by atoms with van der Waals surface area (Å²) >= 11 is 1.43. The molecule has 128 valence electrons. The zero-order valence-corrected chi connectivity index (χ0v) is 14.5. The summed E-state index contributed by atoms with van der Waals surface area (Å²) in [5.74, 6) is -0.239. The van der Waals surface area contributed by atoms with Crippen LogP contribution in [0.1, 0.15) is 15.5 Å². The SMILES string of the molecule is Cl.NCCc1nc(C(=O)NCCn2c(=O)[nH]c3ccccc32)cs1. The van der Waals surface area contributed by atoms with Crippen LogP contribution in [0.5, 0.6) is 0 Å². The summed E-state index contributed by atoms with van der Waals surface area (Å²) in [6.45, 7) is 1.26. The van der Waals surface area contributed by atoms with E-state index >= 15 is 0 Å². The van der Waals surface area contributed by atoms with E-state index in [1.54, 1.807) is 9.95 Å². The van der Waals surface area contributed by atoms with Gasteiger partial charge in [0.25, 0.3) is 5.91 Å². The molecule has 3 aromatic rings. The number of hydrogen-bond donors (Lipinski definition) is 3. The van der Waals surface area contributed by atoms with E-state index in [0.29, 0.717) is 31.7 Å². The molecule has 0 unspecified atom stereocenters. The first-order chi connectivity index (χ1) is 11.2. The highest BCUT2D eigenvalue weighted by atomic mass is 35.5. The van der Waals surface area contributed by atoms with Crippen LogP contribution in [-0.4, -0.2) is 33.5 Å². The molecule has 0 aliphatic heterocycles. The summed E-state index contributed by atoms with van der Waals surface area (Å²) in [5.41, 5.74) is 7.29. The third-order valence-electron chi connectivity index (χ3n) is 3.45. The average molecular weight is 368 g/mol. The maximum Gasteiger partial charge on any atom is 0.326 e. The van der Waals surface area contributed by atoms with Gasteiger partial charge in [-0.2, -0.15) is 0 Å². The maximum atomic E-state index is 12.0. The van der Waals surface area contributed by atoms with Crippen molar-refractivity contribution < 1.29 is 4.79 Å². The third kappa shape index (κ3) is 3.84. The number of aromatic amines is 1. The van der Waals surface area contributed by atoms with Crippen molar-refractivity contribution in [2.24, 2.45) is 5.73 Å². The number of halogens is 1. The lowest BCUT2D eigenvalue weighted by Crippen LogP contribution is -2.30. The molecule has 1 amide bonds. The van der Waals surface area contributed by atoms with Crippen LogP contribution >= 0.6 is 23.7 Å². The normalized spacial score (nSPS) is 10.5. The van der Waals surface area contributed by atoms with Gasteiger partial charge in [0.15, 0.2) is 0 Å². The molecule has 0 atom stereocenters. The highest BCUT2D eigenvalue weighted by Gasteiger charge is 2.11. The van der Waals surface area contributed by atoms with Gasteiger partial charge in [0, 0.05) is 24.9 Å². The van der Waals surface area contributed by atoms with Crippen LogP contribution in [0.2, 0.25) is 0 Å². The Labute approximate surface area is 148 Å². The molecule has 0 aliphatic rings. The van der Waals surface area contributed by atoms with Gasteiger partial charge in [-0.3, -0.25) is 9.36 Å². The van der Waals surface area contributed by atoms with Gasteiger partial charge >= 0.3 is 5.69 Å². The molecular formula is C15H18ClN5O2S. The number of fused-ring (bicyclic) bond motifs is 1. The first-order valence-corrected chi connectivity index (χ1v) is 8.17. The zero-order chi connectivity index (χ0) is 16.2. The number of amides is 1. The van der Waals surface area contributed by atoms with Gasteiger partial charge in [-0.25, -0.2) is 9.78 Å². The van der Waals surface area contributed by atoms with Crippen molar-refractivity contribution in [2.75, 3.05) is 13.1 Å². The van der Waals surface area contributed by atoms with Crippen LogP contribution in [-0.2, 0) is 13.0 Å². The standard InChI is InChI=1S/C15H17N5O2S.ClH/c16-6-5-13-18-11(9-23-13)14(21)17-7-8-20-12-4-2-1-3-10(12)19-15(20)22;/h1-4,9H,5-8,16H2,(H,17,21)(H,19,22);1H. The Balaban J connectivity index is 0.00000208. The highest BCUT2D eigenvalue weighted by molar-refractivity contribution is 7.09. The quantitative estimate of drug-likeness (QED) is 0.607. The molecule has 2 aromatic heterocycles. The Morgan fingerprint density at radius 2 is 2.17 bits per heavy atom. The van der Waals surface area contributed by atoms with Gasteiger partial charge in [-0.1, -0.05) is 12.1 Å². The average Bonchev–Trinajstić information content (AvgIpc) is 3.13. The Hall–Kier alpha value is -2.16. The lowest BCUT2D eigenvalue weighted by molar-refractivity contribution is 0.0948. The molecule has 4 N–H and O–H groups in total. The fourth-order valence-corrected chi connectivity index (χ4v) is 3.15. The number of carbonyl (C=O) groups excluding carboxylic acids is 1. The third-order valence-corrected chi connectivity index (χ3v) is 4.35. The van der Waals surface area contributed by atoms with Gasteiger partial charge in [0.2, 0.25) is 0 Å². The predicted molar refractivity (Wildman–Crippen MR) is 97.0 cm³/mol. The number of para-hydroxylation sites is 2. The molecule has 0 aliphatic carbocycles. The second-order valence-corrected chi connectivity index (χ2v) is 5.96. The molecule has 3 rings (SSSR count). The number of rotatable bonds is 6. The van der Waals surface area contributed by atoms with Crippen molar-refractivity contribution in [3.05, 3.63) is 50.8 Å². The Bertz CT molecular complexity index is 885. The Morgan fingerprint density at radius 1 is 1.38 bits per heavy atom. The molecule has 0 spiro atoms. The minimum absolute atomic E-state index is 0. The minimum atomic E-state index is -0.239. The van der Waals surface area contributed by atoms with Crippen LogP contribution in [0.3, 0.4) is 0 Å². The van der Waals surface area contributed by atoms with Gasteiger partial charge in [0.1, 0.15) is 5.69 Å². The summed E-state index contributed by atoms with van der Waals surface area (Å²) in [6, 6.07) is 7.46. The summed E-state index contributed by atoms with van der Waals surface area (Å²) in [4.78, 5) is 31.0. The van der Waals surface area contributed by atoms with E-state index in [1.165, 1.54) is 11.3 Å². The Kier molecular flexibility index (Phi) is 6.13. The molecule has 2 heterocycles. The largest absolute Gasteiger partial charge is 0.349 e. The summed E-state index contributed by atoms with van der Waals surface area (Å²) < 4.78 is 1.61. The van der Waals surface area contributed by atoms with Crippen LogP contribution in [0.15, 0.2) is 34.4 Å². The van der Waals surface area contributed by atoms with Crippen molar-refractivity contribution in [3.63, 3.8) is 0 Å². The smallest absolute Gasteiger partial charge is 0.326 e. The second-order valence-electron chi connectivity index (χ2n) is 5.02. The zero-order valence-electron chi connectivity index (χ0n) is 12.8. The van der Waals surface area contributed by atoms with E-state index in [9.17, 15) is 9.59 Å². The van der Waals surface area contributed by atoms with E-state index in [4.69, 9.17) is 5.73 Å². The lowest BCUT2D eigenvalue weighted by Gasteiger charge is -2.05. The van der Waals surface area contributed by atoms with Crippen LogP contribution in [0, 0.1) is 0 Å². The monoisotopic (exact) mass is 367 g/mol.